The van der Waals surface area contributed by atoms with Crippen LogP contribution in [0.4, 0.5) is 13.2 Å². The van der Waals surface area contributed by atoms with Crippen molar-refractivity contribution in [2.24, 2.45) is 14.1 Å². The number of aliphatic carboxylic acids is 1. The van der Waals surface area contributed by atoms with Gasteiger partial charge in [-0.3, -0.25) is 14.3 Å². The number of likely N-dealkylation sites (tertiary alicyclic amines) is 1. The number of halogens is 3. The van der Waals surface area contributed by atoms with Crippen molar-refractivity contribution in [3.63, 3.8) is 0 Å². The van der Waals surface area contributed by atoms with Crippen LogP contribution in [0.25, 0.3) is 11.1 Å². The van der Waals surface area contributed by atoms with Gasteiger partial charge < -0.3 is 5.11 Å². The Morgan fingerprint density at radius 3 is 2.29 bits per heavy atom. The molecule has 2 aliphatic heterocycles. The first-order chi connectivity index (χ1) is 15.9. The summed E-state index contributed by atoms with van der Waals surface area (Å²) in [5.41, 5.74) is 4.09. The van der Waals surface area contributed by atoms with Crippen LogP contribution in [0.2, 0.25) is 0 Å². The minimum atomic E-state index is -5.08. The number of benzene rings is 1. The number of rotatable bonds is 3. The molecule has 0 spiro atoms. The van der Waals surface area contributed by atoms with E-state index in [1.807, 2.05) is 51.0 Å². The Hall–Kier alpha value is -3.19. The smallest absolute Gasteiger partial charge is 0.475 e. The molecule has 1 saturated heterocycles. The fourth-order valence-electron chi connectivity index (χ4n) is 4.42. The molecule has 0 bridgehead atoms. The molecule has 5 rings (SSSR count). The van der Waals surface area contributed by atoms with Crippen molar-refractivity contribution < 1.29 is 31.5 Å². The number of nitrogens with zero attached hydrogens (tertiary/aromatic N) is 5. The predicted molar refractivity (Wildman–Crippen MR) is 115 cm³/mol. The van der Waals surface area contributed by atoms with Crippen molar-refractivity contribution in [3.05, 3.63) is 54.1 Å². The van der Waals surface area contributed by atoms with Crippen LogP contribution in [0.15, 0.2) is 47.9 Å². The molecule has 2 atom stereocenters. The number of sulfone groups is 1. The second-order valence-corrected chi connectivity index (χ2v) is 10.5. The molecule has 182 valence electrons. The summed E-state index contributed by atoms with van der Waals surface area (Å²) in [4.78, 5) is 11.6. The quantitative estimate of drug-likeness (QED) is 0.591. The largest absolute Gasteiger partial charge is 0.490 e. The van der Waals surface area contributed by atoms with E-state index in [4.69, 9.17) is 9.90 Å². The molecular weight excluding hydrogens is 475 g/mol. The summed E-state index contributed by atoms with van der Waals surface area (Å²) in [7, 11) is 0.491. The van der Waals surface area contributed by atoms with Gasteiger partial charge in [0.15, 0.2) is 9.84 Å². The van der Waals surface area contributed by atoms with Crippen LogP contribution < -0.4 is 0 Å². The molecule has 4 heterocycles. The summed E-state index contributed by atoms with van der Waals surface area (Å²) in [6.45, 7) is 2.05. The molecule has 13 heteroatoms. The number of hydrogen-bond donors (Lipinski definition) is 1. The van der Waals surface area contributed by atoms with Crippen molar-refractivity contribution in [3.8, 4) is 11.1 Å². The Bertz CT molecular complexity index is 1330. The number of aryl methyl sites for hydroxylation is 2. The lowest BCUT2D eigenvalue weighted by molar-refractivity contribution is -0.192. The van der Waals surface area contributed by atoms with Crippen LogP contribution >= 0.6 is 0 Å². The van der Waals surface area contributed by atoms with Crippen LogP contribution in [-0.4, -0.2) is 68.5 Å². The van der Waals surface area contributed by atoms with E-state index in [0.717, 1.165) is 35.3 Å². The molecule has 9 nitrogen and oxygen atoms in total. The summed E-state index contributed by atoms with van der Waals surface area (Å²) in [5.74, 6) is -2.73. The molecule has 2 unspecified atom stereocenters. The third-order valence-corrected chi connectivity index (χ3v) is 8.16. The number of aromatic nitrogens is 4. The number of carbonyl (C=O) groups is 1. The van der Waals surface area contributed by atoms with Crippen LogP contribution in [0.1, 0.15) is 17.0 Å². The zero-order valence-corrected chi connectivity index (χ0v) is 19.1. The number of hydrogen-bond acceptors (Lipinski definition) is 6. The van der Waals surface area contributed by atoms with Gasteiger partial charge in [-0.1, -0.05) is 6.07 Å². The monoisotopic (exact) mass is 497 g/mol. The first-order valence-electron chi connectivity index (χ1n) is 10.2. The lowest BCUT2D eigenvalue weighted by Gasteiger charge is -2.16. The lowest BCUT2D eigenvalue weighted by Crippen LogP contribution is -2.25. The number of alkyl halides is 3. The molecule has 0 radical (unpaired) electrons. The van der Waals surface area contributed by atoms with E-state index in [9.17, 15) is 21.6 Å². The maximum Gasteiger partial charge on any atom is 0.490 e. The minimum Gasteiger partial charge on any atom is -0.475 e. The Balaban J connectivity index is 0.000000344. The van der Waals surface area contributed by atoms with Crippen molar-refractivity contribution >= 4 is 15.8 Å². The van der Waals surface area contributed by atoms with Crippen LogP contribution in [0.5, 0.6) is 0 Å². The van der Waals surface area contributed by atoms with Crippen molar-refractivity contribution in [1.29, 1.82) is 0 Å². The van der Waals surface area contributed by atoms with Crippen LogP contribution in [0, 0.1) is 0 Å². The molecule has 1 fully saturated rings. The highest BCUT2D eigenvalue weighted by molar-refractivity contribution is 7.92. The van der Waals surface area contributed by atoms with Gasteiger partial charge in [0, 0.05) is 63.2 Å². The topological polar surface area (TPSA) is 110 Å². The Morgan fingerprint density at radius 1 is 1.09 bits per heavy atom. The van der Waals surface area contributed by atoms with Gasteiger partial charge in [-0.05, 0) is 23.3 Å². The lowest BCUT2D eigenvalue weighted by atomic mass is 9.95. The maximum absolute atomic E-state index is 13.1. The normalized spacial score (nSPS) is 21.0. The number of carboxylic acids is 1. The summed E-state index contributed by atoms with van der Waals surface area (Å²) in [6, 6.07) is 5.71. The van der Waals surface area contributed by atoms with E-state index in [1.165, 1.54) is 0 Å². The minimum absolute atomic E-state index is 0.0262. The molecule has 0 aliphatic carbocycles. The molecule has 1 aromatic carbocycles. The number of carboxylic acid groups (broad SMARTS) is 1. The van der Waals surface area contributed by atoms with Crippen molar-refractivity contribution in [2.45, 2.75) is 28.8 Å². The van der Waals surface area contributed by atoms with Gasteiger partial charge in [-0.15, -0.1) is 0 Å². The summed E-state index contributed by atoms with van der Waals surface area (Å²) >= 11 is 0. The summed E-state index contributed by atoms with van der Waals surface area (Å²) < 4.78 is 61.4. The number of fused-ring (bicyclic) bond motifs is 3. The average molecular weight is 497 g/mol. The third-order valence-electron chi connectivity index (χ3n) is 5.90. The SMILES string of the molecule is Cn1cc(CN2CC3c4cc(-c5cnn(C)c5)ccc4S(=O)(=O)C3C2)cn1.O=C(O)C(F)(F)F. The van der Waals surface area contributed by atoms with Gasteiger partial charge in [0.1, 0.15) is 0 Å². The van der Waals surface area contributed by atoms with E-state index in [1.54, 1.807) is 15.4 Å². The second-order valence-electron chi connectivity index (χ2n) is 8.36. The fraction of sp³-hybridized carbons (Fsp3) is 0.381. The van der Waals surface area contributed by atoms with Gasteiger partial charge in [0.2, 0.25) is 0 Å². The van der Waals surface area contributed by atoms with Crippen LogP contribution in [-0.2, 0) is 35.3 Å². The molecule has 1 N–H and O–H groups in total. The summed E-state index contributed by atoms with van der Waals surface area (Å²) in [5, 5.41) is 15.2. The van der Waals surface area contributed by atoms with E-state index in [0.29, 0.717) is 11.4 Å². The second kappa shape index (κ2) is 8.55. The molecule has 3 aromatic rings. The van der Waals surface area contributed by atoms with Crippen molar-refractivity contribution in [2.75, 3.05) is 13.1 Å². The van der Waals surface area contributed by atoms with E-state index >= 15 is 0 Å². The first-order valence-corrected chi connectivity index (χ1v) is 11.8. The van der Waals surface area contributed by atoms with Crippen LogP contribution in [0.3, 0.4) is 0 Å². The van der Waals surface area contributed by atoms with Gasteiger partial charge >= 0.3 is 12.1 Å². The highest BCUT2D eigenvalue weighted by Crippen LogP contribution is 2.46. The first kappa shape index (κ1) is 24.0. The van der Waals surface area contributed by atoms with E-state index in [-0.39, 0.29) is 11.2 Å². The summed E-state index contributed by atoms with van der Waals surface area (Å²) in [6.07, 6.45) is 2.51. The molecule has 0 amide bonds. The zero-order chi connectivity index (χ0) is 24.8. The molecule has 2 aliphatic rings. The standard InChI is InChI=1S/C19H21N5O2S.C2HF3O2/c1-22-8-13(6-20-22)9-24-11-17-16-5-14(15-7-21-23(2)10-15)3-4-18(16)27(25,26)19(17)12-24;3-2(4,5)1(6)7/h3-8,10,17,19H,9,11-12H2,1-2H3;(H,6,7). The third kappa shape index (κ3) is 4.57. The Labute approximate surface area is 193 Å². The average Bonchev–Trinajstić information content (AvgIpc) is 3.50. The molecule has 2 aromatic heterocycles. The molecule has 0 saturated carbocycles. The highest BCUT2D eigenvalue weighted by atomic mass is 32.2. The Kier molecular flexibility index (Phi) is 6.02. The van der Waals surface area contributed by atoms with Gasteiger partial charge in [0.25, 0.3) is 0 Å². The fourth-order valence-corrected chi connectivity index (χ4v) is 6.61. The van der Waals surface area contributed by atoms with E-state index < -0.39 is 22.0 Å². The van der Waals surface area contributed by atoms with E-state index in [2.05, 4.69) is 15.1 Å². The molecular formula is C21H22F3N5O4S. The van der Waals surface area contributed by atoms with Gasteiger partial charge in [0.05, 0.1) is 22.5 Å². The van der Waals surface area contributed by atoms with Gasteiger partial charge in [-0.2, -0.15) is 23.4 Å². The Morgan fingerprint density at radius 2 is 1.74 bits per heavy atom. The zero-order valence-electron chi connectivity index (χ0n) is 18.3. The predicted octanol–water partition coefficient (Wildman–Crippen LogP) is 2.21. The molecule has 34 heavy (non-hydrogen) atoms. The van der Waals surface area contributed by atoms with Gasteiger partial charge in [-0.25, -0.2) is 13.2 Å². The maximum atomic E-state index is 13.1. The highest BCUT2D eigenvalue weighted by Gasteiger charge is 2.50. The van der Waals surface area contributed by atoms with Crippen molar-refractivity contribution in [1.82, 2.24) is 24.5 Å².